The minimum absolute atomic E-state index is 1.04. The first-order valence-electron chi connectivity index (χ1n) is 4.63. The Kier molecular flexibility index (Phi) is 2.45. The molecule has 0 aliphatic carbocycles. The van der Waals surface area contributed by atoms with Gasteiger partial charge in [0, 0.05) is 12.1 Å². The van der Waals surface area contributed by atoms with Gasteiger partial charge in [0.05, 0.1) is 13.1 Å². The van der Waals surface area contributed by atoms with E-state index in [0.29, 0.717) is 0 Å². The van der Waals surface area contributed by atoms with Gasteiger partial charge in [0.2, 0.25) is 0 Å². The molecule has 70 valence electrons. The topological polar surface area (TPSA) is 10.4 Å². The average Bonchev–Trinajstić information content (AvgIpc) is 2.20. The van der Waals surface area contributed by atoms with E-state index in [0.717, 1.165) is 26.2 Å². The Balaban J connectivity index is 2.03. The largest absolute Gasteiger partial charge is 0.456 e. The highest BCUT2D eigenvalue weighted by Crippen LogP contribution is 1.94. The maximum absolute atomic E-state index is 3.92. The molecule has 0 atom stereocenters. The highest BCUT2D eigenvalue weighted by atomic mass is 15.6. The lowest BCUT2D eigenvalue weighted by Gasteiger charge is -2.33. The molecule has 1 aromatic rings. The van der Waals surface area contributed by atoms with Gasteiger partial charge in [-0.3, -0.25) is 7.05 Å². The van der Waals surface area contributed by atoms with Gasteiger partial charge in [-0.15, -0.1) is 0 Å². The van der Waals surface area contributed by atoms with Crippen molar-refractivity contribution in [3.05, 3.63) is 37.6 Å². The van der Waals surface area contributed by atoms with E-state index >= 15 is 0 Å². The van der Waals surface area contributed by atoms with E-state index < -0.39 is 0 Å². The Morgan fingerprint density at radius 2 is 1.54 bits per heavy atom. The Morgan fingerprint density at radius 3 is 2.15 bits per heavy atom. The number of pyridine rings is 1. The maximum Gasteiger partial charge on any atom is 0.199 e. The van der Waals surface area contributed by atoms with Gasteiger partial charge in [-0.2, -0.15) is 5.01 Å². The first-order valence-corrected chi connectivity index (χ1v) is 4.63. The Bertz CT molecular complexity index is 252. The Labute approximate surface area is 79.2 Å². The second kappa shape index (κ2) is 3.75. The molecule has 0 aromatic carbocycles. The van der Waals surface area contributed by atoms with Crippen LogP contribution in [0.1, 0.15) is 0 Å². The predicted octanol–water partition coefficient (Wildman–Crippen LogP) is 0.0193. The van der Waals surface area contributed by atoms with E-state index in [9.17, 15) is 0 Å². The summed E-state index contributed by atoms with van der Waals surface area (Å²) in [5.74, 6) is 0. The highest BCUT2D eigenvalue weighted by Gasteiger charge is 2.15. The number of hydrogen-bond donors (Lipinski definition) is 0. The molecule has 2 heterocycles. The smallest absolute Gasteiger partial charge is 0.199 e. The Hall–Kier alpha value is -1.09. The molecule has 0 bridgehead atoms. The molecule has 1 aliphatic heterocycles. The molecule has 13 heavy (non-hydrogen) atoms. The molecule has 1 aromatic heterocycles. The van der Waals surface area contributed by atoms with E-state index in [-0.39, 0.29) is 0 Å². The molecule has 0 spiro atoms. The van der Waals surface area contributed by atoms with Crippen LogP contribution in [0.5, 0.6) is 0 Å². The lowest BCUT2D eigenvalue weighted by molar-refractivity contribution is -0.694. The van der Waals surface area contributed by atoms with Crippen LogP contribution in [0.15, 0.2) is 30.6 Å². The molecule has 1 saturated heterocycles. The summed E-state index contributed by atoms with van der Waals surface area (Å²) >= 11 is 0. The molecule has 0 N–H and O–H groups in total. The van der Waals surface area contributed by atoms with Crippen molar-refractivity contribution in [2.45, 2.75) is 0 Å². The van der Waals surface area contributed by atoms with Gasteiger partial charge in [-0.05, 0) is 13.1 Å². The molecule has 0 saturated carbocycles. The predicted molar refractivity (Wildman–Crippen MR) is 51.5 cm³/mol. The fourth-order valence-electron chi connectivity index (χ4n) is 1.55. The quantitative estimate of drug-likeness (QED) is 0.442. The number of aromatic nitrogens is 1. The molecular weight excluding hydrogens is 162 g/mol. The lowest BCUT2D eigenvalue weighted by Crippen LogP contribution is -2.63. The van der Waals surface area contributed by atoms with Crippen LogP contribution in [0.3, 0.4) is 0 Å². The van der Waals surface area contributed by atoms with Gasteiger partial charge in [0.25, 0.3) is 0 Å². The molecule has 2 rings (SSSR count). The summed E-state index contributed by atoms with van der Waals surface area (Å²) in [4.78, 5) is 2.11. The second-order valence-corrected chi connectivity index (χ2v) is 3.33. The van der Waals surface area contributed by atoms with Crippen LogP contribution in [0.2, 0.25) is 0 Å². The number of rotatable bonds is 1. The second-order valence-electron chi connectivity index (χ2n) is 3.33. The van der Waals surface area contributed by atoms with E-state index in [1.54, 1.807) is 0 Å². The zero-order chi connectivity index (χ0) is 9.10. The third-order valence-electron chi connectivity index (χ3n) is 2.38. The molecule has 1 aliphatic rings. The van der Waals surface area contributed by atoms with Gasteiger partial charge < -0.3 is 4.90 Å². The fourth-order valence-corrected chi connectivity index (χ4v) is 1.55. The zero-order valence-corrected chi connectivity index (χ0v) is 7.76. The Morgan fingerprint density at radius 1 is 0.923 bits per heavy atom. The molecule has 1 fully saturated rings. The summed E-state index contributed by atoms with van der Waals surface area (Å²) < 4.78 is 2.15. The summed E-state index contributed by atoms with van der Waals surface area (Å²) in [7, 11) is 3.92. The van der Waals surface area contributed by atoms with Crippen molar-refractivity contribution in [3.8, 4) is 0 Å². The van der Waals surface area contributed by atoms with E-state index in [1.807, 2.05) is 6.07 Å². The van der Waals surface area contributed by atoms with Gasteiger partial charge in [0.1, 0.15) is 0 Å². The summed E-state index contributed by atoms with van der Waals surface area (Å²) in [5.41, 5.74) is 0. The molecule has 0 unspecified atom stereocenters. The minimum Gasteiger partial charge on any atom is -0.456 e. The first kappa shape index (κ1) is 8.51. The van der Waals surface area contributed by atoms with Crippen molar-refractivity contribution in [3.63, 3.8) is 0 Å². The summed E-state index contributed by atoms with van der Waals surface area (Å²) in [6.07, 6.45) is 4.16. The third-order valence-corrected chi connectivity index (χ3v) is 2.38. The van der Waals surface area contributed by atoms with Crippen LogP contribution in [0.25, 0.3) is 0 Å². The van der Waals surface area contributed by atoms with Crippen molar-refractivity contribution in [1.29, 1.82) is 0 Å². The molecule has 0 amide bonds. The van der Waals surface area contributed by atoms with E-state index in [1.165, 1.54) is 0 Å². The van der Waals surface area contributed by atoms with Gasteiger partial charge in [-0.1, -0.05) is 10.7 Å². The zero-order valence-electron chi connectivity index (χ0n) is 7.76. The van der Waals surface area contributed by atoms with Crippen molar-refractivity contribution in [2.24, 2.45) is 0 Å². The third kappa shape index (κ3) is 1.98. The van der Waals surface area contributed by atoms with E-state index in [4.69, 9.17) is 0 Å². The van der Waals surface area contributed by atoms with E-state index in [2.05, 4.69) is 46.2 Å². The number of nitrogens with zero attached hydrogens (tertiary/aromatic N) is 3. The fraction of sp³-hybridized carbons (Fsp3) is 0.400. The number of piperazine rings is 1. The first-order chi connectivity index (χ1) is 6.36. The summed E-state index contributed by atoms with van der Waals surface area (Å²) in [6.45, 7) is 4.19. The SMILES string of the molecule is [CH2-]N1CCN([n+]2ccccc2)CC1. The normalized spacial score (nSPS) is 19.0. The van der Waals surface area contributed by atoms with Crippen LogP contribution in [0, 0.1) is 7.05 Å². The van der Waals surface area contributed by atoms with Crippen LogP contribution in [-0.4, -0.2) is 31.1 Å². The van der Waals surface area contributed by atoms with Crippen LogP contribution in [0.4, 0.5) is 0 Å². The molecular formula is C10H15N3. The van der Waals surface area contributed by atoms with Gasteiger partial charge >= 0.3 is 0 Å². The molecule has 0 radical (unpaired) electrons. The molecule has 3 heteroatoms. The van der Waals surface area contributed by atoms with Gasteiger partial charge in [0.15, 0.2) is 12.4 Å². The minimum atomic E-state index is 1.04. The standard InChI is InChI=1S/C10H15N3/c1-11-7-9-13(10-8-11)12-5-3-2-4-6-12/h2-6H,1,7-10H2. The summed E-state index contributed by atoms with van der Waals surface area (Å²) in [6, 6.07) is 6.14. The monoisotopic (exact) mass is 177 g/mol. The van der Waals surface area contributed by atoms with Crippen molar-refractivity contribution in [2.75, 3.05) is 31.2 Å². The van der Waals surface area contributed by atoms with Crippen LogP contribution in [-0.2, 0) is 0 Å². The highest BCUT2D eigenvalue weighted by molar-refractivity contribution is 4.87. The van der Waals surface area contributed by atoms with Crippen molar-refractivity contribution >= 4 is 0 Å². The maximum atomic E-state index is 3.92. The van der Waals surface area contributed by atoms with Crippen molar-refractivity contribution in [1.82, 2.24) is 4.90 Å². The lowest BCUT2D eigenvalue weighted by atomic mass is 10.4. The van der Waals surface area contributed by atoms with Crippen molar-refractivity contribution < 1.29 is 4.68 Å². The van der Waals surface area contributed by atoms with Crippen LogP contribution < -0.4 is 9.69 Å². The average molecular weight is 177 g/mol. The number of hydrogen-bond acceptors (Lipinski definition) is 2. The van der Waals surface area contributed by atoms with Crippen LogP contribution >= 0.6 is 0 Å². The molecule has 3 nitrogen and oxygen atoms in total. The summed E-state index contributed by atoms with van der Waals surface area (Å²) in [5, 5.41) is 2.32. The van der Waals surface area contributed by atoms with Gasteiger partial charge in [-0.25, -0.2) is 0 Å².